The maximum Gasteiger partial charge on any atom is 0.337 e. The third-order valence-electron chi connectivity index (χ3n) is 4.02. The van der Waals surface area contributed by atoms with Gasteiger partial charge in [-0.3, -0.25) is 4.79 Å². The predicted molar refractivity (Wildman–Crippen MR) is 102 cm³/mol. The summed E-state index contributed by atoms with van der Waals surface area (Å²) in [7, 11) is 1.35. The van der Waals surface area contributed by atoms with E-state index < -0.39 is 0 Å². The number of hydrogen-bond acceptors (Lipinski definition) is 4. The van der Waals surface area contributed by atoms with Crippen molar-refractivity contribution in [3.05, 3.63) is 82.6 Å². The topological polar surface area (TPSA) is 73.2 Å². The van der Waals surface area contributed by atoms with Crippen LogP contribution < -0.4 is 5.32 Å². The Morgan fingerprint density at radius 1 is 1.11 bits per heavy atom. The number of para-hydroxylation sites is 1. The van der Waals surface area contributed by atoms with Crippen molar-refractivity contribution < 1.29 is 14.3 Å². The SMILES string of the molecule is COC(=O)c1ccc(CCNC(=O)c2cnn(-c3ccccc3Cl)c2)cc1. The lowest BCUT2D eigenvalue weighted by molar-refractivity contribution is 0.0600. The molecule has 0 aliphatic heterocycles. The van der Waals surface area contributed by atoms with Crippen molar-refractivity contribution in [3.63, 3.8) is 0 Å². The summed E-state index contributed by atoms with van der Waals surface area (Å²) in [5.74, 6) is -0.579. The van der Waals surface area contributed by atoms with Crippen molar-refractivity contribution >= 4 is 23.5 Å². The largest absolute Gasteiger partial charge is 0.465 e. The molecule has 0 atom stereocenters. The molecule has 1 aromatic heterocycles. The van der Waals surface area contributed by atoms with E-state index in [9.17, 15) is 9.59 Å². The Hall–Kier alpha value is -3.12. The maximum absolute atomic E-state index is 12.3. The molecule has 0 bridgehead atoms. The molecule has 7 heteroatoms. The Labute approximate surface area is 161 Å². The number of methoxy groups -OCH3 is 1. The summed E-state index contributed by atoms with van der Waals surface area (Å²) in [4.78, 5) is 23.7. The number of esters is 1. The van der Waals surface area contributed by atoms with E-state index in [1.807, 2.05) is 30.3 Å². The number of carbonyl (C=O) groups is 2. The van der Waals surface area contributed by atoms with Gasteiger partial charge in [0.15, 0.2) is 0 Å². The van der Waals surface area contributed by atoms with Crippen LogP contribution in [-0.4, -0.2) is 35.3 Å². The van der Waals surface area contributed by atoms with Crippen molar-refractivity contribution in [3.8, 4) is 5.69 Å². The lowest BCUT2D eigenvalue weighted by atomic mass is 10.1. The molecule has 0 fully saturated rings. The molecule has 1 N–H and O–H groups in total. The minimum absolute atomic E-state index is 0.209. The van der Waals surface area contributed by atoms with Gasteiger partial charge in [-0.2, -0.15) is 5.10 Å². The third kappa shape index (κ3) is 4.54. The Balaban J connectivity index is 1.56. The molecule has 0 saturated heterocycles. The highest BCUT2D eigenvalue weighted by Crippen LogP contribution is 2.19. The number of benzene rings is 2. The first kappa shape index (κ1) is 18.7. The molecule has 0 aliphatic carbocycles. The molecule has 0 spiro atoms. The highest BCUT2D eigenvalue weighted by Gasteiger charge is 2.11. The molecule has 3 rings (SSSR count). The zero-order valence-corrected chi connectivity index (χ0v) is 15.4. The molecular weight excluding hydrogens is 366 g/mol. The minimum Gasteiger partial charge on any atom is -0.465 e. The molecule has 0 aliphatic rings. The van der Waals surface area contributed by atoms with E-state index >= 15 is 0 Å². The Morgan fingerprint density at radius 2 is 1.85 bits per heavy atom. The summed E-state index contributed by atoms with van der Waals surface area (Å²) >= 11 is 6.15. The van der Waals surface area contributed by atoms with Crippen LogP contribution in [0.1, 0.15) is 26.3 Å². The first-order valence-electron chi connectivity index (χ1n) is 8.33. The highest BCUT2D eigenvalue weighted by molar-refractivity contribution is 6.32. The van der Waals surface area contributed by atoms with E-state index in [0.29, 0.717) is 34.8 Å². The zero-order valence-electron chi connectivity index (χ0n) is 14.7. The second-order valence-electron chi connectivity index (χ2n) is 5.82. The first-order chi connectivity index (χ1) is 13.1. The Kier molecular flexibility index (Phi) is 5.88. The van der Waals surface area contributed by atoms with Crippen LogP contribution in [0.25, 0.3) is 5.69 Å². The molecule has 1 amide bonds. The van der Waals surface area contributed by atoms with Crippen LogP contribution in [0.4, 0.5) is 0 Å². The fourth-order valence-electron chi connectivity index (χ4n) is 2.56. The molecule has 3 aromatic rings. The molecule has 0 radical (unpaired) electrons. The van der Waals surface area contributed by atoms with Gasteiger partial charge in [0, 0.05) is 12.7 Å². The molecule has 0 unspecified atom stereocenters. The number of nitrogens with zero attached hydrogens (tertiary/aromatic N) is 2. The number of amides is 1. The lowest BCUT2D eigenvalue weighted by Crippen LogP contribution is -2.25. The van der Waals surface area contributed by atoms with Gasteiger partial charge in [-0.15, -0.1) is 0 Å². The fourth-order valence-corrected chi connectivity index (χ4v) is 2.78. The smallest absolute Gasteiger partial charge is 0.337 e. The van der Waals surface area contributed by atoms with Gasteiger partial charge in [-0.25, -0.2) is 9.48 Å². The summed E-state index contributed by atoms with van der Waals surface area (Å²) in [6.45, 7) is 0.466. The normalized spacial score (nSPS) is 10.4. The number of nitrogens with one attached hydrogen (secondary N) is 1. The van der Waals surface area contributed by atoms with Gasteiger partial charge in [0.2, 0.25) is 0 Å². The molecule has 27 heavy (non-hydrogen) atoms. The van der Waals surface area contributed by atoms with Crippen molar-refractivity contribution in [2.24, 2.45) is 0 Å². The average Bonchev–Trinajstić information content (AvgIpc) is 3.18. The number of ether oxygens (including phenoxy) is 1. The van der Waals surface area contributed by atoms with Crippen molar-refractivity contribution in [2.75, 3.05) is 13.7 Å². The summed E-state index contributed by atoms with van der Waals surface area (Å²) in [5.41, 5.74) is 2.67. The molecule has 0 saturated carbocycles. The number of aromatic nitrogens is 2. The van der Waals surface area contributed by atoms with Crippen LogP contribution in [-0.2, 0) is 11.2 Å². The van der Waals surface area contributed by atoms with Gasteiger partial charge in [0.05, 0.1) is 35.1 Å². The minimum atomic E-state index is -0.370. The van der Waals surface area contributed by atoms with Crippen molar-refractivity contribution in [1.82, 2.24) is 15.1 Å². The number of rotatable bonds is 6. The van der Waals surface area contributed by atoms with Gasteiger partial charge in [0.1, 0.15) is 0 Å². The van der Waals surface area contributed by atoms with E-state index in [2.05, 4.69) is 15.2 Å². The van der Waals surface area contributed by atoms with Gasteiger partial charge < -0.3 is 10.1 Å². The van der Waals surface area contributed by atoms with Gasteiger partial charge in [-0.1, -0.05) is 35.9 Å². The van der Waals surface area contributed by atoms with Crippen molar-refractivity contribution in [2.45, 2.75) is 6.42 Å². The summed E-state index contributed by atoms with van der Waals surface area (Å²) in [6, 6.07) is 14.4. The van der Waals surface area contributed by atoms with Crippen LogP contribution in [0.2, 0.25) is 5.02 Å². The number of carbonyl (C=O) groups excluding carboxylic acids is 2. The first-order valence-corrected chi connectivity index (χ1v) is 8.71. The highest BCUT2D eigenvalue weighted by atomic mass is 35.5. The monoisotopic (exact) mass is 383 g/mol. The summed E-state index contributed by atoms with van der Waals surface area (Å²) in [5, 5.41) is 7.61. The molecule has 2 aromatic carbocycles. The third-order valence-corrected chi connectivity index (χ3v) is 4.34. The van der Waals surface area contributed by atoms with Crippen molar-refractivity contribution in [1.29, 1.82) is 0 Å². The second kappa shape index (κ2) is 8.51. The Bertz CT molecular complexity index is 951. The lowest BCUT2D eigenvalue weighted by Gasteiger charge is -2.05. The van der Waals surface area contributed by atoms with Crippen LogP contribution in [0.3, 0.4) is 0 Å². The summed E-state index contributed by atoms with van der Waals surface area (Å²) < 4.78 is 6.24. The van der Waals surface area contributed by atoms with Crippen LogP contribution >= 0.6 is 11.6 Å². The van der Waals surface area contributed by atoms with E-state index in [1.165, 1.54) is 13.3 Å². The zero-order chi connectivity index (χ0) is 19.2. The van der Waals surface area contributed by atoms with E-state index in [1.54, 1.807) is 29.1 Å². The van der Waals surface area contributed by atoms with Crippen LogP contribution in [0.5, 0.6) is 0 Å². The van der Waals surface area contributed by atoms with Gasteiger partial charge in [-0.05, 0) is 36.2 Å². The maximum atomic E-state index is 12.3. The molecule has 6 nitrogen and oxygen atoms in total. The average molecular weight is 384 g/mol. The quantitative estimate of drug-likeness (QED) is 0.663. The fraction of sp³-hybridized carbons (Fsp3) is 0.150. The summed E-state index contributed by atoms with van der Waals surface area (Å²) in [6.07, 6.45) is 3.79. The van der Waals surface area contributed by atoms with Gasteiger partial charge in [0.25, 0.3) is 5.91 Å². The molecular formula is C20H18ClN3O3. The second-order valence-corrected chi connectivity index (χ2v) is 6.23. The van der Waals surface area contributed by atoms with Gasteiger partial charge >= 0.3 is 5.97 Å². The number of hydrogen-bond donors (Lipinski definition) is 1. The molecule has 1 heterocycles. The van der Waals surface area contributed by atoms with E-state index in [4.69, 9.17) is 11.6 Å². The predicted octanol–water partition coefficient (Wildman–Crippen LogP) is 3.28. The Morgan fingerprint density at radius 3 is 2.56 bits per heavy atom. The molecule has 138 valence electrons. The number of halogens is 1. The van der Waals surface area contributed by atoms with Crippen LogP contribution in [0, 0.1) is 0 Å². The van der Waals surface area contributed by atoms with E-state index in [-0.39, 0.29) is 11.9 Å². The standard InChI is InChI=1S/C20H18ClN3O3/c1-27-20(26)15-8-6-14(7-9-15)10-11-22-19(25)16-12-23-24(13-16)18-5-3-2-4-17(18)21/h2-9,12-13H,10-11H2,1H3,(H,22,25). The van der Waals surface area contributed by atoms with E-state index in [0.717, 1.165) is 5.56 Å². The van der Waals surface area contributed by atoms with Crippen LogP contribution in [0.15, 0.2) is 60.9 Å².